The minimum Gasteiger partial charge on any atom is -0.385 e. The number of hydrogen-bond donors (Lipinski definition) is 3. The van der Waals surface area contributed by atoms with E-state index in [1.807, 2.05) is 0 Å². The lowest BCUT2D eigenvalue weighted by atomic mass is 9.93. The average molecular weight is 365 g/mol. The number of carbonyl (C=O) groups excluding carboxylic acids is 1. The summed E-state index contributed by atoms with van der Waals surface area (Å²) in [5.74, 6) is -3.73. The molecule has 26 heavy (non-hydrogen) atoms. The van der Waals surface area contributed by atoms with Crippen molar-refractivity contribution >= 4 is 17.3 Å². The Balaban J connectivity index is 1.94. The quantitative estimate of drug-likeness (QED) is 0.777. The Labute approximate surface area is 148 Å². The molecule has 5 nitrogen and oxygen atoms in total. The molecule has 1 aliphatic heterocycles. The van der Waals surface area contributed by atoms with Gasteiger partial charge in [0.1, 0.15) is 11.4 Å². The molecule has 2 aromatic rings. The highest BCUT2D eigenvalue weighted by molar-refractivity contribution is 6.01. The van der Waals surface area contributed by atoms with Crippen LogP contribution in [0.25, 0.3) is 0 Å². The molecule has 0 spiro atoms. The number of nitrogens with one attached hydrogen (secondary N) is 1. The Morgan fingerprint density at radius 1 is 1.23 bits per heavy atom. The molecule has 1 aliphatic rings. The molecule has 1 saturated heterocycles. The summed E-state index contributed by atoms with van der Waals surface area (Å²) in [4.78, 5) is 13.9. The molecule has 0 aliphatic carbocycles. The van der Waals surface area contributed by atoms with Crippen LogP contribution in [0.15, 0.2) is 30.3 Å². The van der Waals surface area contributed by atoms with E-state index < -0.39 is 34.6 Å². The van der Waals surface area contributed by atoms with Gasteiger partial charge in [0.2, 0.25) is 0 Å². The van der Waals surface area contributed by atoms with Crippen LogP contribution < -0.4 is 11.1 Å². The Morgan fingerprint density at radius 2 is 1.92 bits per heavy atom. The van der Waals surface area contributed by atoms with E-state index in [0.29, 0.717) is 5.56 Å². The number of anilines is 2. The second-order valence-electron chi connectivity index (χ2n) is 6.48. The molecule has 0 radical (unpaired) electrons. The number of nitrogens with two attached hydrogens (primary N) is 1. The first-order valence-corrected chi connectivity index (χ1v) is 7.97. The van der Waals surface area contributed by atoms with Crippen LogP contribution in [0.5, 0.6) is 0 Å². The summed E-state index contributed by atoms with van der Waals surface area (Å²) in [6.45, 7) is 1.64. The molecular formula is C18H18F3N3O2. The van der Waals surface area contributed by atoms with Crippen LogP contribution in [0.1, 0.15) is 15.9 Å². The molecule has 3 rings (SSSR count). The number of amides is 1. The van der Waals surface area contributed by atoms with Crippen molar-refractivity contribution in [2.75, 3.05) is 25.0 Å². The van der Waals surface area contributed by atoms with E-state index >= 15 is 0 Å². The zero-order valence-electron chi connectivity index (χ0n) is 14.0. The number of carbonyl (C=O) groups is 1. The molecule has 0 atom stereocenters. The normalized spacial score (nSPS) is 15.5. The molecule has 1 fully saturated rings. The molecule has 0 unspecified atom stereocenters. The maximum Gasteiger partial charge on any atom is 0.256 e. The van der Waals surface area contributed by atoms with Crippen molar-refractivity contribution in [1.29, 1.82) is 0 Å². The molecule has 8 heteroatoms. The Hall–Kier alpha value is -2.58. The van der Waals surface area contributed by atoms with E-state index in [0.717, 1.165) is 12.1 Å². The summed E-state index contributed by atoms with van der Waals surface area (Å²) < 4.78 is 42.1. The zero-order valence-corrected chi connectivity index (χ0v) is 14.0. The van der Waals surface area contributed by atoms with Crippen LogP contribution in [-0.4, -0.2) is 41.1 Å². The summed E-state index contributed by atoms with van der Waals surface area (Å²) in [6, 6.07) is 6.15. The topological polar surface area (TPSA) is 78.6 Å². The number of β-amino-alcohol motifs (C(OH)–C–C–N with tert-alkyl or cyclic N) is 1. The van der Waals surface area contributed by atoms with Crippen molar-refractivity contribution in [3.63, 3.8) is 0 Å². The molecule has 4 N–H and O–H groups in total. The van der Waals surface area contributed by atoms with Crippen LogP contribution in [0, 0.1) is 24.4 Å². The third-order valence-electron chi connectivity index (χ3n) is 4.35. The number of hydrogen-bond acceptors (Lipinski definition) is 4. The second-order valence-corrected chi connectivity index (χ2v) is 6.48. The van der Waals surface area contributed by atoms with Gasteiger partial charge in [0.15, 0.2) is 11.6 Å². The van der Waals surface area contributed by atoms with Gasteiger partial charge in [-0.05, 0) is 36.8 Å². The number of halogens is 3. The van der Waals surface area contributed by atoms with Crippen molar-refractivity contribution in [1.82, 2.24) is 4.90 Å². The third-order valence-corrected chi connectivity index (χ3v) is 4.35. The molecule has 0 aromatic heterocycles. The minimum absolute atomic E-state index is 0.0142. The van der Waals surface area contributed by atoms with Gasteiger partial charge in [0.25, 0.3) is 5.91 Å². The van der Waals surface area contributed by atoms with E-state index in [9.17, 15) is 23.1 Å². The van der Waals surface area contributed by atoms with Crippen LogP contribution in [0.3, 0.4) is 0 Å². The van der Waals surface area contributed by atoms with Crippen molar-refractivity contribution in [3.05, 3.63) is 58.9 Å². The molecular weight excluding hydrogens is 347 g/mol. The van der Waals surface area contributed by atoms with Crippen LogP contribution >= 0.6 is 0 Å². The van der Waals surface area contributed by atoms with Gasteiger partial charge in [-0.15, -0.1) is 0 Å². The van der Waals surface area contributed by atoms with E-state index in [2.05, 4.69) is 5.32 Å². The fraction of sp³-hybridized carbons (Fsp3) is 0.278. The summed E-state index contributed by atoms with van der Waals surface area (Å²) in [5, 5.41) is 12.4. The van der Waals surface area contributed by atoms with Crippen LogP contribution in [0.2, 0.25) is 0 Å². The Kier molecular flexibility index (Phi) is 4.64. The lowest BCUT2D eigenvalue weighted by Crippen LogP contribution is -2.66. The number of aryl methyl sites for hydroxylation is 1. The monoisotopic (exact) mass is 365 g/mol. The smallest absolute Gasteiger partial charge is 0.256 e. The molecule has 1 heterocycles. The maximum atomic E-state index is 14.3. The van der Waals surface area contributed by atoms with Gasteiger partial charge in [-0.25, -0.2) is 13.2 Å². The lowest BCUT2D eigenvalue weighted by Gasteiger charge is -2.45. The van der Waals surface area contributed by atoms with Crippen molar-refractivity contribution in [2.24, 2.45) is 5.73 Å². The van der Waals surface area contributed by atoms with Crippen molar-refractivity contribution in [2.45, 2.75) is 12.5 Å². The number of likely N-dealkylation sites (tertiary alicyclic amines) is 1. The van der Waals surface area contributed by atoms with E-state index in [4.69, 9.17) is 5.73 Å². The fourth-order valence-electron chi connectivity index (χ4n) is 2.81. The predicted molar refractivity (Wildman–Crippen MR) is 90.7 cm³/mol. The average Bonchev–Trinajstić information content (AvgIpc) is 2.57. The number of benzene rings is 2. The Bertz CT molecular complexity index is 867. The van der Waals surface area contributed by atoms with Crippen LogP contribution in [0.4, 0.5) is 24.5 Å². The maximum absolute atomic E-state index is 14.3. The summed E-state index contributed by atoms with van der Waals surface area (Å²) >= 11 is 0. The zero-order chi connectivity index (χ0) is 19.1. The van der Waals surface area contributed by atoms with E-state index in [1.165, 1.54) is 17.0 Å². The van der Waals surface area contributed by atoms with Gasteiger partial charge in [0, 0.05) is 6.54 Å². The molecule has 2 aromatic carbocycles. The summed E-state index contributed by atoms with van der Waals surface area (Å²) in [6.07, 6.45) is 0. The van der Waals surface area contributed by atoms with Gasteiger partial charge in [-0.3, -0.25) is 4.79 Å². The second kappa shape index (κ2) is 6.62. The van der Waals surface area contributed by atoms with Crippen LogP contribution in [-0.2, 0) is 0 Å². The summed E-state index contributed by atoms with van der Waals surface area (Å²) in [7, 11) is 0. The SMILES string of the molecule is Cc1ccc(Nc2c(C(=O)N3CC(O)(CN)C3)ccc(F)c2F)c(F)c1. The van der Waals surface area contributed by atoms with Crippen molar-refractivity contribution < 1.29 is 23.1 Å². The van der Waals surface area contributed by atoms with Gasteiger partial charge < -0.3 is 21.1 Å². The minimum atomic E-state index is -1.29. The van der Waals surface area contributed by atoms with Gasteiger partial charge in [-0.1, -0.05) is 6.07 Å². The predicted octanol–water partition coefficient (Wildman–Crippen LogP) is 2.30. The number of nitrogens with zero attached hydrogens (tertiary/aromatic N) is 1. The summed E-state index contributed by atoms with van der Waals surface area (Å²) in [5.41, 5.74) is 4.20. The first kappa shape index (κ1) is 18.2. The molecule has 0 saturated carbocycles. The first-order valence-electron chi connectivity index (χ1n) is 7.97. The first-order chi connectivity index (χ1) is 12.2. The highest BCUT2D eigenvalue weighted by atomic mass is 19.2. The van der Waals surface area contributed by atoms with Gasteiger partial charge in [0.05, 0.1) is 30.0 Å². The third kappa shape index (κ3) is 3.25. The molecule has 138 valence electrons. The lowest BCUT2D eigenvalue weighted by molar-refractivity contribution is -0.0734. The van der Waals surface area contributed by atoms with Crippen molar-refractivity contribution in [3.8, 4) is 0 Å². The largest absolute Gasteiger partial charge is 0.385 e. The number of aliphatic hydroxyl groups is 1. The standard InChI is InChI=1S/C18H18F3N3O2/c1-10-2-5-14(13(20)6-10)23-16-11(3-4-12(19)15(16)21)17(25)24-8-18(26,7-22)9-24/h2-6,23,26H,7-9,22H2,1H3. The van der Waals surface area contributed by atoms with E-state index in [-0.39, 0.29) is 30.9 Å². The Morgan fingerprint density at radius 3 is 2.54 bits per heavy atom. The molecule has 0 bridgehead atoms. The van der Waals surface area contributed by atoms with Gasteiger partial charge in [-0.2, -0.15) is 0 Å². The van der Waals surface area contributed by atoms with Gasteiger partial charge >= 0.3 is 0 Å². The van der Waals surface area contributed by atoms with E-state index in [1.54, 1.807) is 13.0 Å². The number of rotatable bonds is 4. The molecule has 1 amide bonds. The highest BCUT2D eigenvalue weighted by Crippen LogP contribution is 2.31. The highest BCUT2D eigenvalue weighted by Gasteiger charge is 2.43. The fourth-order valence-corrected chi connectivity index (χ4v) is 2.81.